The minimum atomic E-state index is 0.649. The molecule has 0 N–H and O–H groups in total. The van der Waals surface area contributed by atoms with Crippen molar-refractivity contribution in [3.8, 4) is 0 Å². The summed E-state index contributed by atoms with van der Waals surface area (Å²) in [4.78, 5) is 12.0. The van der Waals surface area contributed by atoms with Crippen molar-refractivity contribution < 1.29 is 0 Å². The van der Waals surface area contributed by atoms with E-state index in [0.717, 1.165) is 37.1 Å². The zero-order valence-electron chi connectivity index (χ0n) is 13.3. The van der Waals surface area contributed by atoms with Crippen LogP contribution in [0.25, 0.3) is 11.2 Å². The predicted octanol–water partition coefficient (Wildman–Crippen LogP) is 3.26. The van der Waals surface area contributed by atoms with E-state index in [2.05, 4.69) is 34.4 Å². The summed E-state index contributed by atoms with van der Waals surface area (Å²) in [7, 11) is 0. The van der Waals surface area contributed by atoms with E-state index in [1.54, 1.807) is 0 Å². The summed E-state index contributed by atoms with van der Waals surface area (Å²) in [5.74, 6) is 1.22. The highest BCUT2D eigenvalue weighted by molar-refractivity contribution is 5.71. The molecule has 0 aliphatic carbocycles. The van der Waals surface area contributed by atoms with Gasteiger partial charge in [-0.15, -0.1) is 0 Å². The Morgan fingerprint density at radius 1 is 1.29 bits per heavy atom. The molecular formula is C17H26N4. The Kier molecular flexibility index (Phi) is 4.54. The number of aryl methyl sites for hydroxylation is 1. The van der Waals surface area contributed by atoms with Gasteiger partial charge in [0.2, 0.25) is 0 Å². The fourth-order valence-electron chi connectivity index (χ4n) is 3.54. The minimum absolute atomic E-state index is 0.649. The van der Waals surface area contributed by atoms with Crippen molar-refractivity contribution in [3.05, 3.63) is 24.2 Å². The van der Waals surface area contributed by atoms with Gasteiger partial charge in [0.05, 0.1) is 0 Å². The van der Waals surface area contributed by atoms with E-state index in [0.29, 0.717) is 6.04 Å². The molecule has 21 heavy (non-hydrogen) atoms. The van der Waals surface area contributed by atoms with Crippen LogP contribution in [0.5, 0.6) is 0 Å². The lowest BCUT2D eigenvalue weighted by Crippen LogP contribution is -2.41. The van der Waals surface area contributed by atoms with Gasteiger partial charge in [-0.1, -0.05) is 20.3 Å². The van der Waals surface area contributed by atoms with Crippen LogP contribution in [0.1, 0.15) is 45.4 Å². The SMILES string of the molecule is CCCn1c(CC2CCCCN2CC)nc2cccnc21. The first kappa shape index (κ1) is 14.5. The number of likely N-dealkylation sites (N-methyl/N-ethyl adjacent to an activating group) is 1. The minimum Gasteiger partial charge on any atom is -0.313 e. The lowest BCUT2D eigenvalue weighted by Gasteiger charge is -2.34. The fourth-order valence-corrected chi connectivity index (χ4v) is 3.54. The van der Waals surface area contributed by atoms with E-state index in [9.17, 15) is 0 Å². The van der Waals surface area contributed by atoms with Crippen LogP contribution in [0.4, 0.5) is 0 Å². The summed E-state index contributed by atoms with van der Waals surface area (Å²) in [6.07, 6.45) is 8.06. The van der Waals surface area contributed by atoms with E-state index >= 15 is 0 Å². The lowest BCUT2D eigenvalue weighted by molar-refractivity contribution is 0.153. The quantitative estimate of drug-likeness (QED) is 0.846. The zero-order valence-corrected chi connectivity index (χ0v) is 13.3. The molecule has 0 spiro atoms. The van der Waals surface area contributed by atoms with Crippen LogP contribution in [-0.2, 0) is 13.0 Å². The molecule has 0 radical (unpaired) electrons. The van der Waals surface area contributed by atoms with E-state index in [4.69, 9.17) is 4.98 Å². The summed E-state index contributed by atoms with van der Waals surface area (Å²) in [6, 6.07) is 4.71. The second kappa shape index (κ2) is 6.56. The van der Waals surface area contributed by atoms with E-state index in [1.165, 1.54) is 31.6 Å². The molecule has 114 valence electrons. The third-order valence-electron chi connectivity index (χ3n) is 4.60. The largest absolute Gasteiger partial charge is 0.313 e. The Bertz CT molecular complexity index is 589. The maximum absolute atomic E-state index is 4.87. The number of nitrogens with zero attached hydrogens (tertiary/aromatic N) is 4. The average Bonchev–Trinajstić information content (AvgIpc) is 2.86. The molecule has 0 amide bonds. The molecule has 1 saturated heterocycles. The molecule has 1 fully saturated rings. The van der Waals surface area contributed by atoms with Gasteiger partial charge in [0.25, 0.3) is 0 Å². The summed E-state index contributed by atoms with van der Waals surface area (Å²) in [5.41, 5.74) is 2.09. The van der Waals surface area contributed by atoms with Gasteiger partial charge >= 0.3 is 0 Å². The smallest absolute Gasteiger partial charge is 0.159 e. The van der Waals surface area contributed by atoms with Gasteiger partial charge in [-0.2, -0.15) is 0 Å². The van der Waals surface area contributed by atoms with Crippen LogP contribution in [0, 0.1) is 0 Å². The molecule has 3 rings (SSSR count). The Labute approximate surface area is 127 Å². The number of pyridine rings is 1. The Morgan fingerprint density at radius 3 is 3.00 bits per heavy atom. The van der Waals surface area contributed by atoms with Crippen LogP contribution in [0.2, 0.25) is 0 Å². The molecule has 4 heteroatoms. The highest BCUT2D eigenvalue weighted by atomic mass is 15.2. The third-order valence-corrected chi connectivity index (χ3v) is 4.60. The number of fused-ring (bicyclic) bond motifs is 1. The van der Waals surface area contributed by atoms with Gasteiger partial charge in [0.1, 0.15) is 11.3 Å². The van der Waals surface area contributed by atoms with Crippen LogP contribution in [0.3, 0.4) is 0 Å². The van der Waals surface area contributed by atoms with Gasteiger partial charge in [-0.25, -0.2) is 9.97 Å². The number of likely N-dealkylation sites (tertiary alicyclic amines) is 1. The van der Waals surface area contributed by atoms with E-state index < -0.39 is 0 Å². The summed E-state index contributed by atoms with van der Waals surface area (Å²) < 4.78 is 2.33. The average molecular weight is 286 g/mol. The normalized spacial score (nSPS) is 20.2. The third kappa shape index (κ3) is 2.95. The Balaban J connectivity index is 1.90. The van der Waals surface area contributed by atoms with Crippen molar-refractivity contribution in [1.82, 2.24) is 19.4 Å². The molecule has 2 aromatic heterocycles. The van der Waals surface area contributed by atoms with Gasteiger partial charge in [-0.3, -0.25) is 0 Å². The maximum Gasteiger partial charge on any atom is 0.159 e. The number of aromatic nitrogens is 3. The molecule has 3 heterocycles. The maximum atomic E-state index is 4.87. The standard InChI is InChI=1S/C17H26N4/c1-3-11-21-16(19-15-9-7-10-18-17(15)21)13-14-8-5-6-12-20(14)4-2/h7,9-10,14H,3-6,8,11-13H2,1-2H3. The molecular weight excluding hydrogens is 260 g/mol. The van der Waals surface area contributed by atoms with Crippen molar-refractivity contribution in [3.63, 3.8) is 0 Å². The molecule has 0 aromatic carbocycles. The molecule has 0 bridgehead atoms. The molecule has 2 aromatic rings. The first-order valence-corrected chi connectivity index (χ1v) is 8.37. The van der Waals surface area contributed by atoms with Crippen molar-refractivity contribution in [2.45, 2.75) is 58.5 Å². The first-order valence-electron chi connectivity index (χ1n) is 8.37. The van der Waals surface area contributed by atoms with Crippen molar-refractivity contribution in [1.29, 1.82) is 0 Å². The first-order chi connectivity index (χ1) is 10.3. The van der Waals surface area contributed by atoms with Crippen molar-refractivity contribution >= 4 is 11.2 Å². The van der Waals surface area contributed by atoms with E-state index in [1.807, 2.05) is 12.3 Å². The molecule has 4 nitrogen and oxygen atoms in total. The monoisotopic (exact) mass is 286 g/mol. The number of hydrogen-bond donors (Lipinski definition) is 0. The summed E-state index contributed by atoms with van der Waals surface area (Å²) in [6.45, 7) is 7.90. The van der Waals surface area contributed by atoms with Crippen LogP contribution in [0.15, 0.2) is 18.3 Å². The van der Waals surface area contributed by atoms with Gasteiger partial charge in [0, 0.05) is 25.2 Å². The van der Waals surface area contributed by atoms with Crippen LogP contribution >= 0.6 is 0 Å². The Hall–Kier alpha value is -1.42. The van der Waals surface area contributed by atoms with Crippen molar-refractivity contribution in [2.75, 3.05) is 13.1 Å². The molecule has 1 aliphatic rings. The van der Waals surface area contributed by atoms with Crippen molar-refractivity contribution in [2.24, 2.45) is 0 Å². The topological polar surface area (TPSA) is 34.0 Å². The summed E-state index contributed by atoms with van der Waals surface area (Å²) >= 11 is 0. The van der Waals surface area contributed by atoms with Crippen LogP contribution in [-0.4, -0.2) is 38.6 Å². The fraction of sp³-hybridized carbons (Fsp3) is 0.647. The zero-order chi connectivity index (χ0) is 14.7. The summed E-state index contributed by atoms with van der Waals surface area (Å²) in [5, 5.41) is 0. The second-order valence-electron chi connectivity index (χ2n) is 6.01. The second-order valence-corrected chi connectivity index (χ2v) is 6.01. The molecule has 1 atom stereocenters. The number of hydrogen-bond acceptors (Lipinski definition) is 3. The number of imidazole rings is 1. The molecule has 0 saturated carbocycles. The highest BCUT2D eigenvalue weighted by Crippen LogP contribution is 2.22. The predicted molar refractivity (Wildman–Crippen MR) is 86.4 cm³/mol. The van der Waals surface area contributed by atoms with Gasteiger partial charge < -0.3 is 9.47 Å². The van der Waals surface area contributed by atoms with Crippen LogP contribution < -0.4 is 0 Å². The van der Waals surface area contributed by atoms with E-state index in [-0.39, 0.29) is 0 Å². The Morgan fingerprint density at radius 2 is 2.19 bits per heavy atom. The lowest BCUT2D eigenvalue weighted by atomic mass is 9.99. The number of piperidine rings is 1. The molecule has 1 aliphatic heterocycles. The number of rotatable bonds is 5. The highest BCUT2D eigenvalue weighted by Gasteiger charge is 2.23. The van der Waals surface area contributed by atoms with Gasteiger partial charge in [-0.05, 0) is 44.5 Å². The molecule has 1 unspecified atom stereocenters. The van der Waals surface area contributed by atoms with Gasteiger partial charge in [0.15, 0.2) is 5.65 Å².